The highest BCUT2D eigenvalue weighted by Gasteiger charge is 2.26. The summed E-state index contributed by atoms with van der Waals surface area (Å²) in [6.07, 6.45) is 0.908. The zero-order chi connectivity index (χ0) is 18.7. The van der Waals surface area contributed by atoms with Gasteiger partial charge in [-0.25, -0.2) is 4.39 Å². The molecule has 1 aliphatic rings. The number of likely N-dealkylation sites (tertiary alicyclic amines) is 1. The molecule has 1 atom stereocenters. The van der Waals surface area contributed by atoms with E-state index in [4.69, 9.17) is 5.73 Å². The van der Waals surface area contributed by atoms with Crippen LogP contribution in [-0.4, -0.2) is 36.3 Å². The molecule has 1 fully saturated rings. The molecule has 0 saturated carbocycles. The Balaban J connectivity index is 0.00000261. The van der Waals surface area contributed by atoms with Crippen LogP contribution in [0, 0.1) is 18.7 Å². The monoisotopic (exact) mass is 391 g/mol. The first-order valence-corrected chi connectivity index (χ1v) is 8.65. The molecule has 1 aliphatic heterocycles. The number of nitrogens with zero attached hydrogens (tertiary/aromatic N) is 1. The van der Waals surface area contributed by atoms with E-state index in [0.29, 0.717) is 36.8 Å². The quantitative estimate of drug-likeness (QED) is 0.840. The standard InChI is InChI=1S/C20H22FN3O2.ClH/c1-13-6-7-15(20(26)24-9-8-14(11-22)12-24)10-18(13)23-19(25)16-4-2-3-5-17(16)21;/h2-7,10,14H,8-9,11-12,22H2,1H3,(H,23,25);1H. The Morgan fingerprint density at radius 1 is 1.26 bits per heavy atom. The molecule has 0 bridgehead atoms. The van der Waals surface area contributed by atoms with Crippen molar-refractivity contribution in [3.05, 3.63) is 65.0 Å². The minimum atomic E-state index is -0.584. The summed E-state index contributed by atoms with van der Waals surface area (Å²) in [7, 11) is 0. The molecule has 2 amide bonds. The van der Waals surface area contributed by atoms with Crippen molar-refractivity contribution in [2.45, 2.75) is 13.3 Å². The molecule has 3 N–H and O–H groups in total. The number of nitrogens with two attached hydrogens (primary N) is 1. The maximum Gasteiger partial charge on any atom is 0.258 e. The van der Waals surface area contributed by atoms with Gasteiger partial charge in [-0.2, -0.15) is 0 Å². The Morgan fingerprint density at radius 3 is 2.67 bits per heavy atom. The molecule has 2 aromatic rings. The smallest absolute Gasteiger partial charge is 0.258 e. The number of anilines is 1. The lowest BCUT2D eigenvalue weighted by Gasteiger charge is -2.17. The number of carbonyl (C=O) groups excluding carboxylic acids is 2. The molecule has 144 valence electrons. The summed E-state index contributed by atoms with van der Waals surface area (Å²) in [5.41, 5.74) is 7.45. The van der Waals surface area contributed by atoms with E-state index in [0.717, 1.165) is 12.0 Å². The van der Waals surface area contributed by atoms with Crippen LogP contribution < -0.4 is 11.1 Å². The number of aryl methyl sites for hydroxylation is 1. The first kappa shape index (κ1) is 20.9. The van der Waals surface area contributed by atoms with Crippen molar-refractivity contribution in [2.24, 2.45) is 11.7 Å². The highest BCUT2D eigenvalue weighted by atomic mass is 35.5. The van der Waals surface area contributed by atoms with Gasteiger partial charge in [0.05, 0.1) is 5.56 Å². The maximum atomic E-state index is 13.8. The summed E-state index contributed by atoms with van der Waals surface area (Å²) in [5, 5.41) is 2.70. The molecule has 0 aliphatic carbocycles. The highest BCUT2D eigenvalue weighted by Crippen LogP contribution is 2.22. The molecule has 27 heavy (non-hydrogen) atoms. The number of rotatable bonds is 4. The molecule has 1 saturated heterocycles. The average Bonchev–Trinajstić information content (AvgIpc) is 3.12. The molecule has 0 aromatic heterocycles. The lowest BCUT2D eigenvalue weighted by Crippen LogP contribution is -2.30. The number of halogens is 2. The molecular formula is C20H23ClFN3O2. The average molecular weight is 392 g/mol. The van der Waals surface area contributed by atoms with Crippen molar-refractivity contribution in [1.82, 2.24) is 4.90 Å². The topological polar surface area (TPSA) is 75.4 Å². The van der Waals surface area contributed by atoms with E-state index >= 15 is 0 Å². The van der Waals surface area contributed by atoms with Gasteiger partial charge in [0.2, 0.25) is 0 Å². The molecule has 1 heterocycles. The van der Waals surface area contributed by atoms with E-state index in [1.165, 1.54) is 18.2 Å². The fourth-order valence-corrected chi connectivity index (χ4v) is 3.12. The van der Waals surface area contributed by atoms with Crippen LogP contribution in [0.5, 0.6) is 0 Å². The van der Waals surface area contributed by atoms with Crippen LogP contribution >= 0.6 is 12.4 Å². The molecule has 2 aromatic carbocycles. The Bertz CT molecular complexity index is 844. The van der Waals surface area contributed by atoms with Gasteiger partial charge in [0.25, 0.3) is 11.8 Å². The van der Waals surface area contributed by atoms with Crippen molar-refractivity contribution in [1.29, 1.82) is 0 Å². The number of hydrogen-bond donors (Lipinski definition) is 2. The summed E-state index contributed by atoms with van der Waals surface area (Å²) in [6.45, 7) is 3.73. The van der Waals surface area contributed by atoms with Gasteiger partial charge in [0.1, 0.15) is 5.82 Å². The number of carbonyl (C=O) groups is 2. The number of nitrogens with one attached hydrogen (secondary N) is 1. The zero-order valence-corrected chi connectivity index (χ0v) is 15.9. The van der Waals surface area contributed by atoms with Crippen LogP contribution in [0.25, 0.3) is 0 Å². The third kappa shape index (κ3) is 4.64. The zero-order valence-electron chi connectivity index (χ0n) is 15.1. The van der Waals surface area contributed by atoms with E-state index < -0.39 is 11.7 Å². The fraction of sp³-hybridized carbons (Fsp3) is 0.300. The van der Waals surface area contributed by atoms with E-state index in [9.17, 15) is 14.0 Å². The van der Waals surface area contributed by atoms with Gasteiger partial charge in [0, 0.05) is 24.3 Å². The van der Waals surface area contributed by atoms with Crippen LogP contribution in [0.1, 0.15) is 32.7 Å². The summed E-state index contributed by atoms with van der Waals surface area (Å²) in [4.78, 5) is 26.8. The lowest BCUT2D eigenvalue weighted by molar-refractivity contribution is 0.0787. The highest BCUT2D eigenvalue weighted by molar-refractivity contribution is 6.05. The number of benzene rings is 2. The van der Waals surface area contributed by atoms with Gasteiger partial charge in [-0.15, -0.1) is 12.4 Å². The molecule has 3 rings (SSSR count). The predicted octanol–water partition coefficient (Wildman–Crippen LogP) is 3.23. The lowest BCUT2D eigenvalue weighted by atomic mass is 10.1. The summed E-state index contributed by atoms with van der Waals surface area (Å²) in [6, 6.07) is 11.0. The summed E-state index contributed by atoms with van der Waals surface area (Å²) < 4.78 is 13.8. The molecule has 1 unspecified atom stereocenters. The minimum Gasteiger partial charge on any atom is -0.338 e. The Labute approximate surface area is 164 Å². The van der Waals surface area contributed by atoms with Gasteiger partial charge in [-0.1, -0.05) is 18.2 Å². The fourth-order valence-electron chi connectivity index (χ4n) is 3.12. The first-order chi connectivity index (χ1) is 12.5. The van der Waals surface area contributed by atoms with Gasteiger partial charge in [-0.05, 0) is 55.6 Å². The van der Waals surface area contributed by atoms with Gasteiger partial charge < -0.3 is 16.0 Å². The van der Waals surface area contributed by atoms with Crippen molar-refractivity contribution in [3.63, 3.8) is 0 Å². The van der Waals surface area contributed by atoms with Gasteiger partial charge >= 0.3 is 0 Å². The maximum absolute atomic E-state index is 13.8. The van der Waals surface area contributed by atoms with E-state index in [1.807, 2.05) is 6.92 Å². The molecule has 7 heteroatoms. The number of hydrogen-bond acceptors (Lipinski definition) is 3. The minimum absolute atomic E-state index is 0. The third-order valence-corrected chi connectivity index (χ3v) is 4.76. The molecule has 5 nitrogen and oxygen atoms in total. The molecular weight excluding hydrogens is 369 g/mol. The van der Waals surface area contributed by atoms with Crippen LogP contribution in [-0.2, 0) is 0 Å². The molecule has 0 spiro atoms. The SMILES string of the molecule is Cc1ccc(C(=O)N2CCC(CN)C2)cc1NC(=O)c1ccccc1F.Cl. The summed E-state index contributed by atoms with van der Waals surface area (Å²) >= 11 is 0. The van der Waals surface area contributed by atoms with E-state index in [-0.39, 0.29) is 23.9 Å². The van der Waals surface area contributed by atoms with Crippen LogP contribution in [0.3, 0.4) is 0 Å². The van der Waals surface area contributed by atoms with E-state index in [2.05, 4.69) is 5.32 Å². The third-order valence-electron chi connectivity index (χ3n) is 4.76. The molecule has 0 radical (unpaired) electrons. The van der Waals surface area contributed by atoms with E-state index in [1.54, 1.807) is 29.2 Å². The van der Waals surface area contributed by atoms with Gasteiger partial charge in [-0.3, -0.25) is 9.59 Å². The predicted molar refractivity (Wildman–Crippen MR) is 106 cm³/mol. The summed E-state index contributed by atoms with van der Waals surface area (Å²) in [5.74, 6) is -0.869. The second-order valence-electron chi connectivity index (χ2n) is 6.61. The Kier molecular flexibility index (Phi) is 6.93. The Hall–Kier alpha value is -2.44. The second kappa shape index (κ2) is 8.97. The Morgan fingerprint density at radius 2 is 2.00 bits per heavy atom. The van der Waals surface area contributed by atoms with Crippen LogP contribution in [0.15, 0.2) is 42.5 Å². The van der Waals surface area contributed by atoms with Crippen molar-refractivity contribution in [2.75, 3.05) is 25.0 Å². The first-order valence-electron chi connectivity index (χ1n) is 8.65. The van der Waals surface area contributed by atoms with Gasteiger partial charge in [0.15, 0.2) is 0 Å². The second-order valence-corrected chi connectivity index (χ2v) is 6.61. The van der Waals surface area contributed by atoms with Crippen molar-refractivity contribution < 1.29 is 14.0 Å². The number of amides is 2. The van der Waals surface area contributed by atoms with Crippen molar-refractivity contribution in [3.8, 4) is 0 Å². The largest absolute Gasteiger partial charge is 0.338 e. The van der Waals surface area contributed by atoms with Crippen LogP contribution in [0.4, 0.5) is 10.1 Å². The normalized spacial score (nSPS) is 16.0. The van der Waals surface area contributed by atoms with Crippen molar-refractivity contribution >= 4 is 29.9 Å². The van der Waals surface area contributed by atoms with Crippen LogP contribution in [0.2, 0.25) is 0 Å².